The molecule has 2 amide bonds. The summed E-state index contributed by atoms with van der Waals surface area (Å²) in [6.45, 7) is 1.41. The number of nitro groups is 1. The van der Waals surface area contributed by atoms with Gasteiger partial charge in [0.05, 0.1) is 11.3 Å². The van der Waals surface area contributed by atoms with E-state index in [-0.39, 0.29) is 17.9 Å². The molecule has 0 saturated carbocycles. The van der Waals surface area contributed by atoms with Crippen LogP contribution in [0.2, 0.25) is 5.02 Å². The highest BCUT2D eigenvalue weighted by Crippen LogP contribution is 2.26. The predicted octanol–water partition coefficient (Wildman–Crippen LogP) is 2.41. The Kier molecular flexibility index (Phi) is 6.51. The maximum Gasteiger partial charge on any atom is 0.310 e. The Hall–Kier alpha value is -3.13. The summed E-state index contributed by atoms with van der Waals surface area (Å²) in [5.41, 5.74) is 4.96. The monoisotopic (exact) mass is 377 g/mol. The molecule has 2 aromatic rings. The van der Waals surface area contributed by atoms with Crippen LogP contribution < -0.4 is 15.6 Å². The fourth-order valence-electron chi connectivity index (χ4n) is 2.02. The predicted molar refractivity (Wildman–Crippen MR) is 94.6 cm³/mol. The van der Waals surface area contributed by atoms with Gasteiger partial charge in [-0.15, -0.1) is 0 Å². The number of nitrogens with one attached hydrogen (secondary N) is 2. The summed E-state index contributed by atoms with van der Waals surface area (Å²) in [7, 11) is 0. The van der Waals surface area contributed by atoms with Gasteiger partial charge in [0, 0.05) is 11.1 Å². The Labute approximate surface area is 154 Å². The van der Waals surface area contributed by atoms with Crippen molar-refractivity contribution in [2.24, 2.45) is 0 Å². The minimum Gasteiger partial charge on any atom is -0.474 e. The smallest absolute Gasteiger partial charge is 0.310 e. The number of ether oxygens (including phenoxy) is 1. The fourth-order valence-corrected chi connectivity index (χ4v) is 2.14. The van der Waals surface area contributed by atoms with Gasteiger partial charge in [0.1, 0.15) is 0 Å². The van der Waals surface area contributed by atoms with Gasteiger partial charge in [0.25, 0.3) is 5.91 Å². The Morgan fingerprint density at radius 3 is 2.46 bits per heavy atom. The lowest BCUT2D eigenvalue weighted by atomic mass is 10.1. The highest BCUT2D eigenvalue weighted by molar-refractivity contribution is 6.30. The summed E-state index contributed by atoms with van der Waals surface area (Å²) in [4.78, 5) is 34.2. The number of benzene rings is 2. The van der Waals surface area contributed by atoms with Gasteiger partial charge in [-0.25, -0.2) is 0 Å². The maximum atomic E-state index is 12.0. The van der Waals surface area contributed by atoms with Gasteiger partial charge in [0.15, 0.2) is 11.9 Å². The highest BCUT2D eigenvalue weighted by atomic mass is 35.5. The van der Waals surface area contributed by atoms with Gasteiger partial charge in [-0.3, -0.25) is 30.6 Å². The average molecular weight is 378 g/mol. The van der Waals surface area contributed by atoms with E-state index in [2.05, 4.69) is 10.9 Å². The van der Waals surface area contributed by atoms with Crippen LogP contribution >= 0.6 is 11.6 Å². The van der Waals surface area contributed by atoms with Crippen molar-refractivity contribution in [3.63, 3.8) is 0 Å². The second-order valence-electron chi connectivity index (χ2n) is 5.33. The molecule has 0 fully saturated rings. The summed E-state index contributed by atoms with van der Waals surface area (Å²) in [6.07, 6.45) is -0.997. The number of halogens is 1. The molecule has 8 nitrogen and oxygen atoms in total. The lowest BCUT2D eigenvalue weighted by molar-refractivity contribution is -0.386. The molecule has 2 aromatic carbocycles. The molecular weight excluding hydrogens is 362 g/mol. The molecule has 2 N–H and O–H groups in total. The zero-order chi connectivity index (χ0) is 19.1. The molecule has 0 aliphatic rings. The molecule has 0 saturated heterocycles. The van der Waals surface area contributed by atoms with Crippen molar-refractivity contribution in [2.75, 3.05) is 0 Å². The summed E-state index contributed by atoms with van der Waals surface area (Å²) in [5.74, 6) is -1.11. The second kappa shape index (κ2) is 8.82. The molecule has 0 radical (unpaired) electrons. The quantitative estimate of drug-likeness (QED) is 0.593. The molecule has 0 heterocycles. The van der Waals surface area contributed by atoms with Crippen LogP contribution in [0.4, 0.5) is 5.69 Å². The van der Waals surface area contributed by atoms with E-state index < -0.39 is 22.8 Å². The number of hydrogen-bond acceptors (Lipinski definition) is 5. The molecule has 26 heavy (non-hydrogen) atoms. The van der Waals surface area contributed by atoms with Gasteiger partial charge in [-0.05, 0) is 30.7 Å². The van der Waals surface area contributed by atoms with Crippen molar-refractivity contribution in [2.45, 2.75) is 19.4 Å². The molecule has 9 heteroatoms. The van der Waals surface area contributed by atoms with E-state index in [0.717, 1.165) is 5.56 Å². The van der Waals surface area contributed by atoms with E-state index in [4.69, 9.17) is 16.3 Å². The van der Waals surface area contributed by atoms with E-state index in [9.17, 15) is 19.7 Å². The third-order valence-electron chi connectivity index (χ3n) is 3.34. The number of hydrazine groups is 1. The zero-order valence-electron chi connectivity index (χ0n) is 13.8. The first kappa shape index (κ1) is 19.2. The number of para-hydroxylation sites is 2. The average Bonchev–Trinajstić information content (AvgIpc) is 2.61. The Bertz CT molecular complexity index is 810. The summed E-state index contributed by atoms with van der Waals surface area (Å²) in [5, 5.41) is 11.5. The molecule has 0 unspecified atom stereocenters. The molecule has 0 aromatic heterocycles. The molecule has 136 valence electrons. The number of nitrogens with zero attached hydrogens (tertiary/aromatic N) is 1. The standard InChI is InChI=1S/C17H16ClN3O5/c1-11(26-15-5-3-2-4-14(15)21(24)25)17(23)20-19-16(22)10-12-6-8-13(18)9-7-12/h2-9,11H,10H2,1H3,(H,19,22)(H,20,23)/t11-/m1/s1. The largest absolute Gasteiger partial charge is 0.474 e. The maximum absolute atomic E-state index is 12.0. The van der Waals surface area contributed by atoms with Gasteiger partial charge >= 0.3 is 5.69 Å². The lowest BCUT2D eigenvalue weighted by Gasteiger charge is -2.15. The molecular formula is C17H16ClN3O5. The third kappa shape index (κ3) is 5.45. The van der Waals surface area contributed by atoms with E-state index in [0.29, 0.717) is 5.02 Å². The Balaban J connectivity index is 1.86. The second-order valence-corrected chi connectivity index (χ2v) is 5.76. The number of hydrogen-bond donors (Lipinski definition) is 2. The molecule has 0 spiro atoms. The van der Waals surface area contributed by atoms with Crippen LogP contribution in [0.25, 0.3) is 0 Å². The summed E-state index contributed by atoms with van der Waals surface area (Å²) < 4.78 is 5.31. The number of amides is 2. The van der Waals surface area contributed by atoms with Gasteiger partial charge < -0.3 is 4.74 Å². The van der Waals surface area contributed by atoms with E-state index in [1.165, 1.54) is 25.1 Å². The Morgan fingerprint density at radius 2 is 1.81 bits per heavy atom. The van der Waals surface area contributed by atoms with Gasteiger partial charge in [-0.2, -0.15) is 0 Å². The number of carbonyl (C=O) groups is 2. The van der Waals surface area contributed by atoms with Crippen molar-refractivity contribution < 1.29 is 19.2 Å². The van der Waals surface area contributed by atoms with Gasteiger partial charge in [0.2, 0.25) is 5.91 Å². The molecule has 0 aliphatic carbocycles. The minimum absolute atomic E-state index is 0.0346. The van der Waals surface area contributed by atoms with Crippen molar-refractivity contribution in [3.8, 4) is 5.75 Å². The van der Waals surface area contributed by atoms with E-state index >= 15 is 0 Å². The fraction of sp³-hybridized carbons (Fsp3) is 0.176. The summed E-state index contributed by atoms with van der Waals surface area (Å²) >= 11 is 5.77. The van der Waals surface area contributed by atoms with E-state index in [1.807, 2.05) is 0 Å². The normalized spacial score (nSPS) is 11.3. The third-order valence-corrected chi connectivity index (χ3v) is 3.59. The first-order valence-corrected chi connectivity index (χ1v) is 7.98. The van der Waals surface area contributed by atoms with Crippen LogP contribution in [-0.2, 0) is 16.0 Å². The van der Waals surface area contributed by atoms with Crippen molar-refractivity contribution >= 4 is 29.1 Å². The van der Waals surface area contributed by atoms with Crippen LogP contribution in [0.5, 0.6) is 5.75 Å². The van der Waals surface area contributed by atoms with Crippen LogP contribution in [0, 0.1) is 10.1 Å². The number of rotatable bonds is 6. The molecule has 2 rings (SSSR count). The minimum atomic E-state index is -1.05. The Morgan fingerprint density at radius 1 is 1.15 bits per heavy atom. The number of nitro benzene ring substituents is 1. The molecule has 1 atom stereocenters. The first-order valence-electron chi connectivity index (χ1n) is 7.60. The molecule has 0 bridgehead atoms. The van der Waals surface area contributed by atoms with Crippen molar-refractivity contribution in [1.82, 2.24) is 10.9 Å². The topological polar surface area (TPSA) is 111 Å². The van der Waals surface area contributed by atoms with Crippen LogP contribution in [0.15, 0.2) is 48.5 Å². The highest BCUT2D eigenvalue weighted by Gasteiger charge is 2.20. The van der Waals surface area contributed by atoms with Crippen LogP contribution in [0.1, 0.15) is 12.5 Å². The van der Waals surface area contributed by atoms with Crippen molar-refractivity contribution in [1.29, 1.82) is 0 Å². The lowest BCUT2D eigenvalue weighted by Crippen LogP contribution is -2.47. The molecule has 0 aliphatic heterocycles. The van der Waals surface area contributed by atoms with Gasteiger partial charge in [-0.1, -0.05) is 35.9 Å². The summed E-state index contributed by atoms with van der Waals surface area (Å²) in [6, 6.07) is 12.4. The van der Waals surface area contributed by atoms with Crippen LogP contribution in [-0.4, -0.2) is 22.8 Å². The zero-order valence-corrected chi connectivity index (χ0v) is 14.5. The van der Waals surface area contributed by atoms with Crippen LogP contribution in [0.3, 0.4) is 0 Å². The SMILES string of the molecule is C[C@@H](Oc1ccccc1[N+](=O)[O-])C(=O)NNC(=O)Cc1ccc(Cl)cc1. The van der Waals surface area contributed by atoms with Crippen molar-refractivity contribution in [3.05, 3.63) is 69.2 Å². The first-order chi connectivity index (χ1) is 12.4. The van der Waals surface area contributed by atoms with E-state index in [1.54, 1.807) is 30.3 Å². The number of carbonyl (C=O) groups excluding carboxylic acids is 2.